The molecule has 1 fully saturated rings. The van der Waals surface area contributed by atoms with Gasteiger partial charge in [-0.3, -0.25) is 4.79 Å². The van der Waals surface area contributed by atoms with Crippen LogP contribution in [0.4, 0.5) is 5.69 Å². The smallest absolute Gasteiger partial charge is 0.248 e. The molecule has 2 aromatic rings. The summed E-state index contributed by atoms with van der Waals surface area (Å²) in [6.45, 7) is 0. The fourth-order valence-electron chi connectivity index (χ4n) is 3.29. The molecule has 3 heteroatoms. The van der Waals surface area contributed by atoms with Gasteiger partial charge < -0.3 is 0 Å². The summed E-state index contributed by atoms with van der Waals surface area (Å²) < 4.78 is 0. The molecule has 3 nitrogen and oxygen atoms in total. The number of anilines is 1. The molecule has 21 heavy (non-hydrogen) atoms. The number of para-hydroxylation sites is 1. The molecule has 2 aliphatic rings. The van der Waals surface area contributed by atoms with Gasteiger partial charge in [-0.05, 0) is 29.5 Å². The minimum Gasteiger partial charge on any atom is -0.272 e. The molecule has 1 atom stereocenters. The largest absolute Gasteiger partial charge is 0.272 e. The van der Waals surface area contributed by atoms with E-state index in [9.17, 15) is 4.79 Å². The van der Waals surface area contributed by atoms with Crippen molar-refractivity contribution in [1.29, 1.82) is 0 Å². The number of amides is 1. The second-order valence-electron chi connectivity index (χ2n) is 6.04. The Bertz CT molecular complexity index is 706. The van der Waals surface area contributed by atoms with E-state index in [1.807, 2.05) is 36.4 Å². The highest BCUT2D eigenvalue weighted by molar-refractivity contribution is 6.04. The summed E-state index contributed by atoms with van der Waals surface area (Å²) in [5, 5.41) is 1.35. The van der Waals surface area contributed by atoms with E-state index in [1.165, 1.54) is 17.9 Å². The lowest BCUT2D eigenvalue weighted by Crippen LogP contribution is -2.40. The number of benzene rings is 2. The van der Waals surface area contributed by atoms with Crippen LogP contribution >= 0.6 is 0 Å². The lowest BCUT2D eigenvalue weighted by atomic mass is 9.88. The zero-order chi connectivity index (χ0) is 14.4. The molecule has 0 radical (unpaired) electrons. The van der Waals surface area contributed by atoms with Gasteiger partial charge >= 0.3 is 0 Å². The molecule has 1 saturated carbocycles. The Hall–Kier alpha value is -2.13. The Morgan fingerprint density at radius 2 is 1.67 bits per heavy atom. The van der Waals surface area contributed by atoms with Gasteiger partial charge in [-0.2, -0.15) is 0 Å². The molecular formula is C18H18N2O. The Kier molecular flexibility index (Phi) is 2.82. The van der Waals surface area contributed by atoms with Crippen molar-refractivity contribution in [2.45, 2.75) is 25.2 Å². The molecule has 106 valence electrons. The second-order valence-corrected chi connectivity index (χ2v) is 6.04. The molecule has 0 saturated heterocycles. The number of hydrogen-bond donors (Lipinski definition) is 1. The van der Waals surface area contributed by atoms with E-state index in [4.69, 9.17) is 5.84 Å². The first-order valence-corrected chi connectivity index (χ1v) is 7.52. The average molecular weight is 278 g/mol. The fraction of sp³-hybridized carbons (Fsp3) is 0.278. The zero-order valence-corrected chi connectivity index (χ0v) is 11.8. The van der Waals surface area contributed by atoms with E-state index in [2.05, 4.69) is 12.1 Å². The van der Waals surface area contributed by atoms with Crippen LogP contribution in [0.1, 0.15) is 30.7 Å². The van der Waals surface area contributed by atoms with Crippen LogP contribution in [0.15, 0.2) is 48.5 Å². The SMILES string of the molecule is NN1C(=O)C(CC2CC2)c2ccccc2-c2ccccc21. The first-order valence-electron chi connectivity index (χ1n) is 7.52. The molecule has 4 rings (SSSR count). The molecule has 2 N–H and O–H groups in total. The summed E-state index contributed by atoms with van der Waals surface area (Å²) in [5.74, 6) is 6.72. The van der Waals surface area contributed by atoms with Crippen LogP contribution in [0.2, 0.25) is 0 Å². The maximum Gasteiger partial charge on any atom is 0.248 e. The van der Waals surface area contributed by atoms with Gasteiger partial charge in [0.05, 0.1) is 11.6 Å². The van der Waals surface area contributed by atoms with Gasteiger partial charge in [0.25, 0.3) is 0 Å². The number of hydrazine groups is 1. The molecule has 1 aliphatic heterocycles. The van der Waals surface area contributed by atoms with Gasteiger partial charge in [-0.1, -0.05) is 55.3 Å². The molecular weight excluding hydrogens is 260 g/mol. The van der Waals surface area contributed by atoms with Crippen molar-refractivity contribution < 1.29 is 4.79 Å². The third kappa shape index (κ3) is 2.05. The summed E-state index contributed by atoms with van der Waals surface area (Å²) in [5.41, 5.74) is 4.10. The molecule has 1 unspecified atom stereocenters. The van der Waals surface area contributed by atoms with Crippen molar-refractivity contribution >= 4 is 11.6 Å². The van der Waals surface area contributed by atoms with E-state index >= 15 is 0 Å². The lowest BCUT2D eigenvalue weighted by molar-refractivity contribution is -0.120. The number of hydrogen-bond acceptors (Lipinski definition) is 2. The number of nitrogens with two attached hydrogens (primary N) is 1. The van der Waals surface area contributed by atoms with Crippen LogP contribution in [0.3, 0.4) is 0 Å². The Balaban J connectivity index is 1.92. The van der Waals surface area contributed by atoms with Crippen LogP contribution in [-0.2, 0) is 4.79 Å². The Labute approximate surface area is 124 Å². The molecule has 1 amide bonds. The average Bonchev–Trinajstić information content (AvgIpc) is 3.35. The minimum atomic E-state index is -0.119. The van der Waals surface area contributed by atoms with Crippen molar-refractivity contribution in [2.24, 2.45) is 11.8 Å². The minimum absolute atomic E-state index is 0.0132. The highest BCUT2D eigenvalue weighted by Gasteiger charge is 2.36. The van der Waals surface area contributed by atoms with Gasteiger partial charge in [0.15, 0.2) is 0 Å². The maximum absolute atomic E-state index is 12.8. The molecule has 0 spiro atoms. The highest BCUT2D eigenvalue weighted by Crippen LogP contribution is 2.45. The third-order valence-electron chi connectivity index (χ3n) is 4.59. The third-order valence-corrected chi connectivity index (χ3v) is 4.59. The quantitative estimate of drug-likeness (QED) is 0.675. The normalized spacial score (nSPS) is 20.7. The predicted octanol–water partition coefficient (Wildman–Crippen LogP) is 3.46. The molecule has 2 aromatic carbocycles. The van der Waals surface area contributed by atoms with E-state index in [1.54, 1.807) is 0 Å². The first-order chi connectivity index (χ1) is 10.3. The number of fused-ring (bicyclic) bond motifs is 3. The van der Waals surface area contributed by atoms with Crippen LogP contribution in [0.5, 0.6) is 0 Å². The first kappa shape index (κ1) is 12.6. The summed E-state index contributed by atoms with van der Waals surface area (Å²) in [7, 11) is 0. The number of carbonyl (C=O) groups is 1. The summed E-state index contributed by atoms with van der Waals surface area (Å²) in [6.07, 6.45) is 3.39. The van der Waals surface area contributed by atoms with Crippen molar-refractivity contribution in [3.05, 3.63) is 54.1 Å². The highest BCUT2D eigenvalue weighted by atomic mass is 16.2. The van der Waals surface area contributed by atoms with Gasteiger partial charge in [-0.15, -0.1) is 0 Å². The molecule has 1 heterocycles. The standard InChI is InChI=1S/C18H18N2O/c19-20-17-8-4-3-7-15(17)13-5-1-2-6-14(13)16(18(20)21)11-12-9-10-12/h1-8,12,16H,9-11,19H2. The number of carbonyl (C=O) groups excluding carboxylic acids is 1. The summed E-state index contributed by atoms with van der Waals surface area (Å²) in [6, 6.07) is 16.1. The number of nitrogens with zero attached hydrogens (tertiary/aromatic N) is 1. The summed E-state index contributed by atoms with van der Waals surface area (Å²) in [4.78, 5) is 12.8. The Morgan fingerprint density at radius 3 is 2.43 bits per heavy atom. The van der Waals surface area contributed by atoms with E-state index < -0.39 is 0 Å². The van der Waals surface area contributed by atoms with Gasteiger partial charge in [0.1, 0.15) is 0 Å². The fourth-order valence-corrected chi connectivity index (χ4v) is 3.29. The van der Waals surface area contributed by atoms with Gasteiger partial charge in [0, 0.05) is 5.56 Å². The van der Waals surface area contributed by atoms with Crippen molar-refractivity contribution in [2.75, 3.05) is 5.01 Å². The van der Waals surface area contributed by atoms with Crippen molar-refractivity contribution in [3.63, 3.8) is 0 Å². The topological polar surface area (TPSA) is 46.3 Å². The van der Waals surface area contributed by atoms with Crippen LogP contribution < -0.4 is 10.9 Å². The Morgan fingerprint density at radius 1 is 1.00 bits per heavy atom. The van der Waals surface area contributed by atoms with Crippen LogP contribution in [0.25, 0.3) is 11.1 Å². The van der Waals surface area contributed by atoms with E-state index in [0.717, 1.165) is 28.8 Å². The predicted molar refractivity (Wildman–Crippen MR) is 83.6 cm³/mol. The van der Waals surface area contributed by atoms with Crippen LogP contribution in [0, 0.1) is 5.92 Å². The van der Waals surface area contributed by atoms with E-state index in [-0.39, 0.29) is 11.8 Å². The second kappa shape index (κ2) is 4.71. The van der Waals surface area contributed by atoms with Crippen LogP contribution in [-0.4, -0.2) is 5.91 Å². The van der Waals surface area contributed by atoms with Gasteiger partial charge in [-0.25, -0.2) is 10.9 Å². The van der Waals surface area contributed by atoms with Crippen molar-refractivity contribution in [1.82, 2.24) is 0 Å². The molecule has 0 aromatic heterocycles. The van der Waals surface area contributed by atoms with E-state index in [0.29, 0.717) is 5.92 Å². The number of rotatable bonds is 2. The summed E-state index contributed by atoms with van der Waals surface area (Å²) >= 11 is 0. The lowest BCUT2D eigenvalue weighted by Gasteiger charge is -2.21. The monoisotopic (exact) mass is 278 g/mol. The molecule has 1 aliphatic carbocycles. The maximum atomic E-state index is 12.8. The van der Waals surface area contributed by atoms with Gasteiger partial charge in [0.2, 0.25) is 5.91 Å². The van der Waals surface area contributed by atoms with Crippen molar-refractivity contribution in [3.8, 4) is 11.1 Å². The molecule has 0 bridgehead atoms. The zero-order valence-electron chi connectivity index (χ0n) is 11.8.